The minimum Gasteiger partial charge on any atom is -0.374 e. The van der Waals surface area contributed by atoms with Crippen LogP contribution in [0.5, 0.6) is 0 Å². The Hall–Kier alpha value is -1.56. The Labute approximate surface area is 359 Å². The molecule has 2 unspecified atom stereocenters. The van der Waals surface area contributed by atoms with E-state index in [2.05, 4.69) is 59.5 Å². The van der Waals surface area contributed by atoms with Crippen LogP contribution in [0.2, 0.25) is 10.0 Å². The monoisotopic (exact) mass is 894 g/mol. The molecule has 0 bridgehead atoms. The Kier molecular flexibility index (Phi) is 19.6. The summed E-state index contributed by atoms with van der Waals surface area (Å²) in [5.74, 6) is 2.23. The first kappa shape index (κ1) is 47.1. The number of nitrogens with zero attached hydrogens (tertiary/aromatic N) is 5. The number of H-pyrrole nitrogens is 1. The molecule has 5 heterocycles. The van der Waals surface area contributed by atoms with Crippen LogP contribution in [0.3, 0.4) is 0 Å². The molecule has 56 heavy (non-hydrogen) atoms. The van der Waals surface area contributed by atoms with Crippen molar-refractivity contribution < 1.29 is 17.9 Å². The number of aromatic nitrogens is 3. The Bertz CT molecular complexity index is 1650. The van der Waals surface area contributed by atoms with Crippen LogP contribution in [0.15, 0.2) is 48.5 Å². The van der Waals surface area contributed by atoms with Crippen LogP contribution in [0.4, 0.5) is 11.9 Å². The third kappa shape index (κ3) is 14.0. The van der Waals surface area contributed by atoms with Crippen molar-refractivity contribution in [3.8, 4) is 0 Å². The molecule has 12 nitrogen and oxygen atoms in total. The molecule has 0 amide bonds. The van der Waals surface area contributed by atoms with Gasteiger partial charge in [-0.2, -0.15) is 4.98 Å². The highest BCUT2D eigenvalue weighted by molar-refractivity contribution is 7.84. The lowest BCUT2D eigenvalue weighted by Gasteiger charge is -2.46. The third-order valence-corrected chi connectivity index (χ3v) is 13.1. The number of nitrogen functional groups attached to an aromatic ring is 1. The lowest BCUT2D eigenvalue weighted by molar-refractivity contribution is -0.0736. The van der Waals surface area contributed by atoms with E-state index < -0.39 is 21.6 Å². The average Bonchev–Trinajstić information content (AvgIpc) is 3.61. The molecular formula is C38H58Cl4N8O4S2. The predicted molar refractivity (Wildman–Crippen MR) is 235 cm³/mol. The third-order valence-electron chi connectivity index (χ3n) is 10.9. The first-order chi connectivity index (χ1) is 26.1. The van der Waals surface area contributed by atoms with Crippen molar-refractivity contribution in [2.45, 2.75) is 74.9 Å². The summed E-state index contributed by atoms with van der Waals surface area (Å²) >= 11 is 12.1. The molecule has 0 spiro atoms. The van der Waals surface area contributed by atoms with Crippen molar-refractivity contribution in [1.82, 2.24) is 30.3 Å². The number of piperidine rings is 2. The van der Waals surface area contributed by atoms with E-state index in [-0.39, 0.29) is 37.0 Å². The maximum absolute atomic E-state index is 11.8. The molecule has 4 saturated heterocycles. The molecule has 0 radical (unpaired) electrons. The summed E-state index contributed by atoms with van der Waals surface area (Å²) in [6, 6.07) is 17.9. The predicted octanol–water partition coefficient (Wildman–Crippen LogP) is 4.63. The van der Waals surface area contributed by atoms with Crippen molar-refractivity contribution in [2.75, 3.05) is 87.1 Å². The quantitative estimate of drug-likeness (QED) is 0.248. The topological polar surface area (TPSA) is 142 Å². The fraction of sp³-hybridized carbons (Fsp3) is 0.632. The molecule has 4 aliphatic rings. The van der Waals surface area contributed by atoms with Crippen LogP contribution in [0.25, 0.3) is 0 Å². The molecule has 6 atom stereocenters. The van der Waals surface area contributed by atoms with E-state index in [0.29, 0.717) is 60.8 Å². The molecule has 4 aliphatic heterocycles. The normalized spacial score (nSPS) is 25.2. The number of hydrogen-bond acceptors (Lipinski definition) is 11. The molecular weight excluding hydrogens is 838 g/mol. The SMILES string of the molecule is CS(=O)C[C@H]1CN(C2CCN(c3n[nH]c(N)n3)CC2)[C@@H](Cc2ccc(Cl)cc2)CO1.CS(=O)C[C@H]1CN(C2CCNCC2)[C@@H](Cc2ccc(Cl)cc2)CO1.Cl.Cl. The zero-order valence-corrected chi connectivity index (χ0v) is 37.0. The average molecular weight is 897 g/mol. The summed E-state index contributed by atoms with van der Waals surface area (Å²) in [4.78, 5) is 11.6. The van der Waals surface area contributed by atoms with Gasteiger partial charge in [-0.05, 0) is 87.0 Å². The first-order valence-corrected chi connectivity index (χ1v) is 23.3. The Morgan fingerprint density at radius 1 is 0.750 bits per heavy atom. The number of benzene rings is 2. The van der Waals surface area contributed by atoms with Gasteiger partial charge >= 0.3 is 0 Å². The van der Waals surface area contributed by atoms with E-state index in [1.54, 1.807) is 12.5 Å². The molecule has 7 rings (SSSR count). The molecule has 2 aromatic carbocycles. The number of aromatic amines is 1. The first-order valence-electron chi connectivity index (χ1n) is 19.1. The molecule has 4 N–H and O–H groups in total. The number of nitrogens with one attached hydrogen (secondary N) is 2. The van der Waals surface area contributed by atoms with E-state index in [1.165, 1.54) is 24.0 Å². The van der Waals surface area contributed by atoms with Gasteiger partial charge in [0.15, 0.2) is 0 Å². The maximum atomic E-state index is 11.8. The van der Waals surface area contributed by atoms with E-state index >= 15 is 0 Å². The fourth-order valence-electron chi connectivity index (χ4n) is 8.26. The number of anilines is 2. The van der Waals surface area contributed by atoms with Crippen LogP contribution in [0, 0.1) is 0 Å². The van der Waals surface area contributed by atoms with Gasteiger partial charge < -0.3 is 25.4 Å². The van der Waals surface area contributed by atoms with Crippen molar-refractivity contribution in [1.29, 1.82) is 0 Å². The summed E-state index contributed by atoms with van der Waals surface area (Å²) in [5, 5.41) is 11.9. The van der Waals surface area contributed by atoms with Gasteiger partial charge in [-0.3, -0.25) is 18.2 Å². The molecule has 1 aromatic heterocycles. The van der Waals surface area contributed by atoms with Gasteiger partial charge in [-0.25, -0.2) is 5.10 Å². The molecule has 0 saturated carbocycles. The van der Waals surface area contributed by atoms with Crippen LogP contribution in [-0.2, 0) is 43.9 Å². The maximum Gasteiger partial charge on any atom is 0.246 e. The fourth-order valence-corrected chi connectivity index (χ4v) is 9.96. The zero-order chi connectivity index (χ0) is 38.0. The lowest BCUT2D eigenvalue weighted by Crippen LogP contribution is -2.58. The van der Waals surface area contributed by atoms with Gasteiger partial charge in [0.2, 0.25) is 11.9 Å². The van der Waals surface area contributed by atoms with Crippen molar-refractivity contribution in [2.24, 2.45) is 0 Å². The Morgan fingerprint density at radius 2 is 1.20 bits per heavy atom. The lowest BCUT2D eigenvalue weighted by atomic mass is 9.96. The smallest absolute Gasteiger partial charge is 0.246 e. The summed E-state index contributed by atoms with van der Waals surface area (Å²) in [6.45, 7) is 7.02. The van der Waals surface area contributed by atoms with Gasteiger partial charge in [0.05, 0.1) is 36.9 Å². The van der Waals surface area contributed by atoms with E-state index in [0.717, 1.165) is 75.0 Å². The molecule has 3 aromatic rings. The number of rotatable bonds is 11. The van der Waals surface area contributed by atoms with E-state index in [1.807, 2.05) is 24.3 Å². The van der Waals surface area contributed by atoms with E-state index in [9.17, 15) is 8.42 Å². The standard InChI is InChI=1S/C20H29ClN6O2S.C18H27ClN2O2S.2ClH/c1-30(28)13-18-11-27(17(12-29-18)10-14-2-4-15(21)5-3-14)16-6-8-26(9-7-16)20-23-19(22)24-25-20;1-24(22)13-18-11-21(16-6-8-20-9-7-16)17(12-23-18)10-14-2-4-15(19)5-3-14;;/h2-5,16-18H,6-13H2,1H3,(H3,22,23,24,25);2-5,16-18,20H,6-13H2,1H3;2*1H/t17-,18+,30?;17-,18+,24?;;/m00../s1. The summed E-state index contributed by atoms with van der Waals surface area (Å²) in [6.07, 6.45) is 9.90. The second kappa shape index (κ2) is 23.3. The number of ether oxygens (including phenoxy) is 2. The van der Waals surface area contributed by atoms with Gasteiger partial charge in [0.25, 0.3) is 0 Å². The van der Waals surface area contributed by atoms with Crippen molar-refractivity contribution in [3.05, 3.63) is 69.7 Å². The molecule has 4 fully saturated rings. The zero-order valence-electron chi connectivity index (χ0n) is 32.2. The second-order valence-electron chi connectivity index (χ2n) is 15.0. The second-order valence-corrected chi connectivity index (χ2v) is 18.8. The summed E-state index contributed by atoms with van der Waals surface area (Å²) < 4.78 is 35.5. The van der Waals surface area contributed by atoms with Crippen LogP contribution in [0.1, 0.15) is 36.8 Å². The number of nitrogens with two attached hydrogens (primary N) is 1. The Morgan fingerprint density at radius 3 is 1.61 bits per heavy atom. The van der Waals surface area contributed by atoms with Crippen LogP contribution >= 0.6 is 48.0 Å². The highest BCUT2D eigenvalue weighted by Gasteiger charge is 2.37. The summed E-state index contributed by atoms with van der Waals surface area (Å²) in [5.41, 5.74) is 8.22. The van der Waals surface area contributed by atoms with Crippen LogP contribution in [-0.4, -0.2) is 146 Å². The van der Waals surface area contributed by atoms with Gasteiger partial charge in [-0.15, -0.1) is 29.9 Å². The van der Waals surface area contributed by atoms with Crippen LogP contribution < -0.4 is 16.0 Å². The number of hydrogen-bond donors (Lipinski definition) is 3. The highest BCUT2D eigenvalue weighted by atomic mass is 35.5. The number of morpholine rings is 2. The number of halogens is 4. The Balaban J connectivity index is 0.000000246. The minimum absolute atomic E-state index is 0. The van der Waals surface area contributed by atoms with Gasteiger partial charge in [0, 0.05) is 94.5 Å². The minimum atomic E-state index is -0.870. The van der Waals surface area contributed by atoms with E-state index in [4.69, 9.17) is 38.4 Å². The van der Waals surface area contributed by atoms with Crippen molar-refractivity contribution in [3.63, 3.8) is 0 Å². The van der Waals surface area contributed by atoms with Crippen molar-refractivity contribution >= 4 is 81.5 Å². The van der Waals surface area contributed by atoms with Gasteiger partial charge in [0.1, 0.15) is 0 Å². The largest absolute Gasteiger partial charge is 0.374 e. The molecule has 314 valence electrons. The summed E-state index contributed by atoms with van der Waals surface area (Å²) in [7, 11) is -1.68. The highest BCUT2D eigenvalue weighted by Crippen LogP contribution is 2.28. The van der Waals surface area contributed by atoms with Gasteiger partial charge in [-0.1, -0.05) is 47.5 Å². The molecule has 18 heteroatoms. The molecule has 0 aliphatic carbocycles.